The number of rotatable bonds is 5. The highest BCUT2D eigenvalue weighted by molar-refractivity contribution is 6.07. The molecule has 0 aromatic carbocycles. The molecule has 3 aliphatic rings. The Morgan fingerprint density at radius 2 is 2.05 bits per heavy atom. The van der Waals surface area contributed by atoms with Crippen molar-refractivity contribution in [3.63, 3.8) is 0 Å². The van der Waals surface area contributed by atoms with Gasteiger partial charge >= 0.3 is 6.03 Å². The third-order valence-electron chi connectivity index (χ3n) is 4.30. The average molecular weight is 263 g/mol. The van der Waals surface area contributed by atoms with Crippen molar-refractivity contribution in [2.24, 2.45) is 0 Å². The molecule has 104 valence electrons. The Morgan fingerprint density at radius 3 is 2.68 bits per heavy atom. The van der Waals surface area contributed by atoms with Crippen LogP contribution < -0.4 is 10.6 Å². The Morgan fingerprint density at radius 1 is 1.37 bits per heavy atom. The van der Waals surface area contributed by atoms with Gasteiger partial charge in [0.2, 0.25) is 0 Å². The lowest BCUT2D eigenvalue weighted by atomic mass is 9.98. The Kier molecular flexibility index (Phi) is 3.09. The zero-order valence-electron chi connectivity index (χ0n) is 11.2. The fraction of sp³-hybridized carbons (Fsp3) is 0.714. The molecule has 3 fully saturated rings. The van der Waals surface area contributed by atoms with Crippen molar-refractivity contribution >= 4 is 11.9 Å². The van der Waals surface area contributed by atoms with Crippen molar-refractivity contribution in [3.05, 3.63) is 12.2 Å². The maximum atomic E-state index is 12.4. The summed E-state index contributed by atoms with van der Waals surface area (Å²) >= 11 is 0. The van der Waals surface area contributed by atoms with Crippen LogP contribution in [0.4, 0.5) is 4.79 Å². The second-order valence-corrected chi connectivity index (χ2v) is 6.02. The molecule has 5 heteroatoms. The first-order chi connectivity index (χ1) is 9.11. The van der Waals surface area contributed by atoms with Crippen molar-refractivity contribution < 1.29 is 9.59 Å². The molecule has 1 saturated heterocycles. The molecule has 0 bridgehead atoms. The largest absolute Gasteiger partial charge is 0.325 e. The van der Waals surface area contributed by atoms with Crippen LogP contribution in [0, 0.1) is 0 Å². The quantitative estimate of drug-likeness (QED) is 0.578. The first-order valence-electron chi connectivity index (χ1n) is 7.15. The molecular weight excluding hydrogens is 242 g/mol. The van der Waals surface area contributed by atoms with E-state index in [1.807, 2.05) is 0 Å². The summed E-state index contributed by atoms with van der Waals surface area (Å²) < 4.78 is 0. The van der Waals surface area contributed by atoms with E-state index in [2.05, 4.69) is 17.2 Å². The summed E-state index contributed by atoms with van der Waals surface area (Å²) in [4.78, 5) is 25.7. The predicted octanol–water partition coefficient (Wildman–Crippen LogP) is 1.16. The minimum Gasteiger partial charge on any atom is -0.323 e. The van der Waals surface area contributed by atoms with Crippen molar-refractivity contribution in [1.29, 1.82) is 0 Å². The molecule has 19 heavy (non-hydrogen) atoms. The minimum absolute atomic E-state index is 0.0532. The number of hydrogen-bond acceptors (Lipinski definition) is 3. The first kappa shape index (κ1) is 12.7. The maximum Gasteiger partial charge on any atom is 0.325 e. The zero-order valence-corrected chi connectivity index (χ0v) is 11.2. The molecule has 2 saturated carbocycles. The van der Waals surface area contributed by atoms with Crippen molar-refractivity contribution in [2.75, 3.05) is 13.1 Å². The van der Waals surface area contributed by atoms with Crippen LogP contribution in [0.3, 0.4) is 0 Å². The highest BCUT2D eigenvalue weighted by Crippen LogP contribution is 2.35. The Hall–Kier alpha value is -1.36. The molecule has 1 heterocycles. The molecule has 1 aliphatic heterocycles. The number of hydrogen-bond donors (Lipinski definition) is 2. The molecule has 0 unspecified atom stereocenters. The van der Waals surface area contributed by atoms with Gasteiger partial charge in [-0.25, -0.2) is 4.79 Å². The van der Waals surface area contributed by atoms with Gasteiger partial charge in [-0.05, 0) is 31.3 Å². The predicted molar refractivity (Wildman–Crippen MR) is 71.6 cm³/mol. The van der Waals surface area contributed by atoms with E-state index in [1.165, 1.54) is 17.7 Å². The van der Waals surface area contributed by atoms with Crippen LogP contribution >= 0.6 is 0 Å². The van der Waals surface area contributed by atoms with Gasteiger partial charge in [0.25, 0.3) is 5.91 Å². The van der Waals surface area contributed by atoms with Crippen molar-refractivity contribution in [3.8, 4) is 0 Å². The van der Waals surface area contributed by atoms with Gasteiger partial charge in [-0.1, -0.05) is 19.4 Å². The van der Waals surface area contributed by atoms with Gasteiger partial charge in [-0.2, -0.15) is 0 Å². The second-order valence-electron chi connectivity index (χ2n) is 6.02. The number of carbonyl (C=O) groups is 2. The van der Waals surface area contributed by atoms with Crippen LogP contribution in [0.2, 0.25) is 0 Å². The molecule has 0 aromatic rings. The van der Waals surface area contributed by atoms with Gasteiger partial charge in [0.15, 0.2) is 0 Å². The highest BCUT2D eigenvalue weighted by atomic mass is 16.2. The first-order valence-corrected chi connectivity index (χ1v) is 7.15. The minimum atomic E-state index is -0.596. The highest BCUT2D eigenvalue weighted by Gasteiger charge is 2.52. The molecule has 5 nitrogen and oxygen atoms in total. The van der Waals surface area contributed by atoms with Crippen LogP contribution in [0.25, 0.3) is 0 Å². The lowest BCUT2D eigenvalue weighted by molar-refractivity contribution is -0.130. The summed E-state index contributed by atoms with van der Waals surface area (Å²) in [5, 5.41) is 6.24. The molecule has 0 radical (unpaired) electrons. The van der Waals surface area contributed by atoms with Gasteiger partial charge in [0.05, 0.1) is 6.54 Å². The normalized spacial score (nSPS) is 25.2. The third kappa shape index (κ3) is 2.39. The smallest absolute Gasteiger partial charge is 0.323 e. The van der Waals surface area contributed by atoms with Crippen LogP contribution in [-0.2, 0) is 4.79 Å². The zero-order chi connectivity index (χ0) is 13.5. The number of nitrogens with zero attached hydrogens (tertiary/aromatic N) is 1. The monoisotopic (exact) mass is 263 g/mol. The number of urea groups is 1. The summed E-state index contributed by atoms with van der Waals surface area (Å²) in [7, 11) is 0. The molecular formula is C14H21N3O2. The van der Waals surface area contributed by atoms with Crippen LogP contribution in [0.15, 0.2) is 12.2 Å². The van der Waals surface area contributed by atoms with Gasteiger partial charge < -0.3 is 10.6 Å². The molecule has 3 amide bonds. The van der Waals surface area contributed by atoms with Crippen LogP contribution in [0.1, 0.15) is 38.5 Å². The van der Waals surface area contributed by atoms with Gasteiger partial charge in [0.1, 0.15) is 5.54 Å². The Bertz CT molecular complexity index is 422. The van der Waals surface area contributed by atoms with E-state index >= 15 is 0 Å². The van der Waals surface area contributed by atoms with E-state index in [0.29, 0.717) is 19.1 Å². The molecule has 0 aromatic heterocycles. The van der Waals surface area contributed by atoms with E-state index in [-0.39, 0.29) is 11.9 Å². The average Bonchev–Trinajstić information content (AvgIpc) is 3.06. The van der Waals surface area contributed by atoms with E-state index in [1.54, 1.807) is 0 Å². The summed E-state index contributed by atoms with van der Waals surface area (Å²) in [5.41, 5.74) is 0.298. The van der Waals surface area contributed by atoms with E-state index < -0.39 is 5.54 Å². The number of imide groups is 1. The fourth-order valence-corrected chi connectivity index (χ4v) is 2.99. The maximum absolute atomic E-state index is 12.4. The summed E-state index contributed by atoms with van der Waals surface area (Å²) in [6.07, 6.45) is 6.04. The molecule has 1 spiro atoms. The van der Waals surface area contributed by atoms with Crippen molar-refractivity contribution in [1.82, 2.24) is 15.5 Å². The topological polar surface area (TPSA) is 61.4 Å². The Balaban J connectivity index is 1.59. The number of amides is 3. The summed E-state index contributed by atoms with van der Waals surface area (Å²) in [5.74, 6) is -0.0532. The number of nitrogens with one attached hydrogen (secondary N) is 2. The SMILES string of the molecule is C=C(CNC1CC1)CN1C(=O)NC2(CCCC2)C1=O. The molecule has 3 rings (SSSR count). The lowest BCUT2D eigenvalue weighted by Gasteiger charge is -2.20. The molecule has 2 aliphatic carbocycles. The standard InChI is InChI=1S/C14H21N3O2/c1-10(8-15-11-4-5-11)9-17-12(18)14(16-13(17)19)6-2-3-7-14/h11,15H,1-9H2,(H,16,19). The van der Waals surface area contributed by atoms with Crippen LogP contribution in [-0.4, -0.2) is 41.5 Å². The van der Waals surface area contributed by atoms with Gasteiger partial charge in [-0.3, -0.25) is 9.69 Å². The summed E-state index contributed by atoms with van der Waals surface area (Å²) in [6, 6.07) is 0.362. The van der Waals surface area contributed by atoms with Crippen LogP contribution in [0.5, 0.6) is 0 Å². The number of carbonyl (C=O) groups excluding carboxylic acids is 2. The molecule has 2 N–H and O–H groups in total. The van der Waals surface area contributed by atoms with Gasteiger partial charge in [-0.15, -0.1) is 0 Å². The Labute approximate surface area is 113 Å². The lowest BCUT2D eigenvalue weighted by Crippen LogP contribution is -2.44. The third-order valence-corrected chi connectivity index (χ3v) is 4.30. The second kappa shape index (κ2) is 4.63. The van der Waals surface area contributed by atoms with E-state index in [4.69, 9.17) is 0 Å². The summed E-state index contributed by atoms with van der Waals surface area (Å²) in [6.45, 7) is 4.99. The van der Waals surface area contributed by atoms with E-state index in [9.17, 15) is 9.59 Å². The molecule has 0 atom stereocenters. The van der Waals surface area contributed by atoms with Crippen molar-refractivity contribution in [2.45, 2.75) is 50.1 Å². The van der Waals surface area contributed by atoms with Gasteiger partial charge in [0, 0.05) is 12.6 Å². The fourth-order valence-electron chi connectivity index (χ4n) is 2.99. The van der Waals surface area contributed by atoms with E-state index in [0.717, 1.165) is 31.3 Å².